The summed E-state index contributed by atoms with van der Waals surface area (Å²) in [7, 11) is 0. The third kappa shape index (κ3) is 4.38. The molecule has 0 radical (unpaired) electrons. The number of alkyl halides is 3. The Balaban J connectivity index is 2.90. The highest BCUT2D eigenvalue weighted by Crippen LogP contribution is 2.21. The van der Waals surface area contributed by atoms with E-state index in [1.807, 2.05) is 0 Å². The van der Waals surface area contributed by atoms with Crippen LogP contribution in [0.4, 0.5) is 8.78 Å². The van der Waals surface area contributed by atoms with Crippen LogP contribution in [0.1, 0.15) is 30.3 Å². The van der Waals surface area contributed by atoms with Gasteiger partial charge in [0.05, 0.1) is 24.4 Å². The van der Waals surface area contributed by atoms with Crippen molar-refractivity contribution in [3.63, 3.8) is 0 Å². The Morgan fingerprint density at radius 2 is 2.12 bits per heavy atom. The number of aromatic nitrogens is 1. The largest absolute Gasteiger partial charge is 0.466 e. The maximum Gasteiger partial charge on any atom is 0.311 e. The summed E-state index contributed by atoms with van der Waals surface area (Å²) >= 11 is 3.15. The molecule has 0 aromatic carbocycles. The van der Waals surface area contributed by atoms with Gasteiger partial charge in [-0.05, 0) is 19.1 Å². The number of pyridine rings is 1. The molecule has 0 atom stereocenters. The highest BCUT2D eigenvalue weighted by Gasteiger charge is 2.13. The number of hydrogen-bond acceptors (Lipinski definition) is 3. The van der Waals surface area contributed by atoms with E-state index in [1.54, 1.807) is 6.92 Å². The molecular weight excluding hydrogens is 296 g/mol. The van der Waals surface area contributed by atoms with E-state index in [-0.39, 0.29) is 18.6 Å². The molecule has 0 amide bonds. The van der Waals surface area contributed by atoms with Gasteiger partial charge in [0, 0.05) is 10.9 Å². The van der Waals surface area contributed by atoms with E-state index in [2.05, 4.69) is 20.9 Å². The van der Waals surface area contributed by atoms with Crippen LogP contribution in [0, 0.1) is 0 Å². The molecule has 0 spiro atoms. The molecule has 0 fully saturated rings. The molecule has 1 heterocycles. The second-order valence-corrected chi connectivity index (χ2v) is 3.86. The summed E-state index contributed by atoms with van der Waals surface area (Å²) in [5, 5.41) is 0.364. The van der Waals surface area contributed by atoms with Crippen LogP contribution in [-0.4, -0.2) is 17.6 Å². The second-order valence-electron chi connectivity index (χ2n) is 3.30. The number of carbonyl (C=O) groups is 1. The van der Waals surface area contributed by atoms with Gasteiger partial charge in [-0.25, -0.2) is 8.78 Å². The molecule has 0 aliphatic carbocycles. The third-order valence-corrected chi connectivity index (χ3v) is 2.55. The van der Waals surface area contributed by atoms with Crippen LogP contribution in [-0.2, 0) is 21.3 Å². The summed E-state index contributed by atoms with van der Waals surface area (Å²) < 4.78 is 29.9. The molecule has 0 aliphatic rings. The number of rotatable bonds is 5. The minimum absolute atomic E-state index is 0.0889. The van der Waals surface area contributed by atoms with E-state index in [4.69, 9.17) is 4.74 Å². The molecule has 0 bridgehead atoms. The topological polar surface area (TPSA) is 39.2 Å². The number of carbonyl (C=O) groups excluding carboxylic acids is 1. The normalized spacial score (nSPS) is 10.6. The molecular formula is C11H12BrF2NO2. The first kappa shape index (κ1) is 14.0. The quantitative estimate of drug-likeness (QED) is 0.620. The summed E-state index contributed by atoms with van der Waals surface area (Å²) in [5.41, 5.74) is 0.645. The Labute approximate surface area is 106 Å². The van der Waals surface area contributed by atoms with Gasteiger partial charge in [0.2, 0.25) is 0 Å². The first-order chi connectivity index (χ1) is 8.06. The van der Waals surface area contributed by atoms with Gasteiger partial charge in [-0.2, -0.15) is 0 Å². The van der Waals surface area contributed by atoms with Crippen LogP contribution in [0.5, 0.6) is 0 Å². The van der Waals surface area contributed by atoms with Gasteiger partial charge in [0.25, 0.3) is 6.43 Å². The number of hydrogen-bond donors (Lipinski definition) is 0. The highest BCUT2D eigenvalue weighted by molar-refractivity contribution is 9.08. The SMILES string of the molecule is CCOC(=O)Cc1cc(C(F)F)cc(CBr)n1. The molecule has 1 aromatic rings. The molecule has 0 aliphatic heterocycles. The minimum atomic E-state index is -2.57. The first-order valence-electron chi connectivity index (χ1n) is 5.06. The zero-order chi connectivity index (χ0) is 12.8. The lowest BCUT2D eigenvalue weighted by molar-refractivity contribution is -0.142. The fourth-order valence-electron chi connectivity index (χ4n) is 1.32. The van der Waals surface area contributed by atoms with E-state index in [9.17, 15) is 13.6 Å². The summed E-state index contributed by atoms with van der Waals surface area (Å²) in [5.74, 6) is -0.466. The fourth-order valence-corrected chi connectivity index (χ4v) is 1.61. The minimum Gasteiger partial charge on any atom is -0.466 e. The molecule has 17 heavy (non-hydrogen) atoms. The van der Waals surface area contributed by atoms with E-state index < -0.39 is 12.4 Å². The van der Waals surface area contributed by atoms with Gasteiger partial charge >= 0.3 is 5.97 Å². The second kappa shape index (κ2) is 6.64. The van der Waals surface area contributed by atoms with Crippen molar-refractivity contribution in [1.82, 2.24) is 4.98 Å². The lowest BCUT2D eigenvalue weighted by Crippen LogP contribution is -2.10. The number of nitrogens with zero attached hydrogens (tertiary/aromatic N) is 1. The van der Waals surface area contributed by atoms with Crippen molar-refractivity contribution in [3.8, 4) is 0 Å². The highest BCUT2D eigenvalue weighted by atomic mass is 79.9. The molecule has 1 rings (SSSR count). The third-order valence-electron chi connectivity index (χ3n) is 1.97. The zero-order valence-electron chi connectivity index (χ0n) is 9.25. The summed E-state index contributed by atoms with van der Waals surface area (Å²) in [6, 6.07) is 2.54. The Morgan fingerprint density at radius 1 is 1.47 bits per heavy atom. The summed E-state index contributed by atoms with van der Waals surface area (Å²) in [4.78, 5) is 15.3. The number of esters is 1. The zero-order valence-corrected chi connectivity index (χ0v) is 10.8. The molecule has 0 N–H and O–H groups in total. The Morgan fingerprint density at radius 3 is 2.65 bits per heavy atom. The van der Waals surface area contributed by atoms with Gasteiger partial charge in [0.15, 0.2) is 0 Å². The Bertz CT molecular complexity index is 399. The van der Waals surface area contributed by atoms with E-state index in [0.29, 0.717) is 16.7 Å². The summed E-state index contributed by atoms with van der Waals surface area (Å²) in [6.07, 6.45) is -2.66. The van der Waals surface area contributed by atoms with Crippen LogP contribution < -0.4 is 0 Å². The smallest absolute Gasteiger partial charge is 0.311 e. The van der Waals surface area contributed by atoms with Crippen molar-refractivity contribution in [1.29, 1.82) is 0 Å². The molecule has 0 unspecified atom stereocenters. The summed E-state index contributed by atoms with van der Waals surface area (Å²) in [6.45, 7) is 1.95. The van der Waals surface area contributed by atoms with Crippen LogP contribution >= 0.6 is 15.9 Å². The Kier molecular flexibility index (Phi) is 5.47. The molecule has 6 heteroatoms. The average molecular weight is 308 g/mol. The van der Waals surface area contributed by atoms with Crippen molar-refractivity contribution < 1.29 is 18.3 Å². The van der Waals surface area contributed by atoms with Crippen LogP contribution in [0.25, 0.3) is 0 Å². The van der Waals surface area contributed by atoms with Gasteiger partial charge < -0.3 is 4.74 Å². The van der Waals surface area contributed by atoms with Crippen molar-refractivity contribution in [2.24, 2.45) is 0 Å². The van der Waals surface area contributed by atoms with Crippen LogP contribution in [0.3, 0.4) is 0 Å². The van der Waals surface area contributed by atoms with Gasteiger partial charge in [0.1, 0.15) is 0 Å². The van der Waals surface area contributed by atoms with E-state index in [1.165, 1.54) is 12.1 Å². The lowest BCUT2D eigenvalue weighted by Gasteiger charge is -2.07. The van der Waals surface area contributed by atoms with E-state index >= 15 is 0 Å². The van der Waals surface area contributed by atoms with E-state index in [0.717, 1.165) is 0 Å². The number of ether oxygens (including phenoxy) is 1. The van der Waals surface area contributed by atoms with Crippen molar-refractivity contribution in [2.75, 3.05) is 6.61 Å². The maximum atomic E-state index is 12.6. The average Bonchev–Trinajstić information content (AvgIpc) is 2.28. The standard InChI is InChI=1S/C11H12BrF2NO2/c1-2-17-10(16)5-8-3-7(11(13)14)4-9(6-12)15-8/h3-4,11H,2,5-6H2,1H3. The van der Waals surface area contributed by atoms with Gasteiger partial charge in [-0.3, -0.25) is 9.78 Å². The predicted molar refractivity (Wildman–Crippen MR) is 62.2 cm³/mol. The number of halogens is 3. The van der Waals surface area contributed by atoms with Crippen LogP contribution in [0.2, 0.25) is 0 Å². The van der Waals surface area contributed by atoms with Gasteiger partial charge in [-0.1, -0.05) is 15.9 Å². The fraction of sp³-hybridized carbons (Fsp3) is 0.455. The molecule has 3 nitrogen and oxygen atoms in total. The molecule has 0 saturated carbocycles. The van der Waals surface area contributed by atoms with Crippen molar-refractivity contribution in [2.45, 2.75) is 25.1 Å². The monoisotopic (exact) mass is 307 g/mol. The predicted octanol–water partition coefficient (Wildman–Crippen LogP) is 3.02. The molecule has 0 saturated heterocycles. The van der Waals surface area contributed by atoms with Crippen LogP contribution in [0.15, 0.2) is 12.1 Å². The molecule has 1 aromatic heterocycles. The maximum absolute atomic E-state index is 12.6. The first-order valence-corrected chi connectivity index (χ1v) is 6.18. The van der Waals surface area contributed by atoms with Gasteiger partial charge in [-0.15, -0.1) is 0 Å². The lowest BCUT2D eigenvalue weighted by atomic mass is 10.1. The molecule has 94 valence electrons. The van der Waals surface area contributed by atoms with Crippen molar-refractivity contribution >= 4 is 21.9 Å². The Hall–Kier alpha value is -1.04. The van der Waals surface area contributed by atoms with Crippen molar-refractivity contribution in [3.05, 3.63) is 29.1 Å².